The Labute approximate surface area is 173 Å². The van der Waals surface area contributed by atoms with Crippen molar-refractivity contribution < 1.29 is 9.18 Å². The first-order chi connectivity index (χ1) is 11.5. The van der Waals surface area contributed by atoms with Crippen LogP contribution >= 0.6 is 39.9 Å². The van der Waals surface area contributed by atoms with Crippen molar-refractivity contribution in [3.8, 4) is 0 Å². The summed E-state index contributed by atoms with van der Waals surface area (Å²) in [5.74, 6) is 0.682. The van der Waals surface area contributed by atoms with Crippen LogP contribution < -0.4 is 10.6 Å². The Morgan fingerprint density at radius 1 is 1.48 bits per heavy atom. The molecule has 25 heavy (non-hydrogen) atoms. The van der Waals surface area contributed by atoms with Crippen LogP contribution in [0.15, 0.2) is 27.7 Å². The molecule has 1 unspecified atom stereocenters. The van der Waals surface area contributed by atoms with Crippen LogP contribution in [-0.2, 0) is 11.3 Å². The minimum Gasteiger partial charge on any atom is -0.355 e. The van der Waals surface area contributed by atoms with Crippen LogP contribution in [0, 0.1) is 11.2 Å². The van der Waals surface area contributed by atoms with E-state index in [0.717, 1.165) is 48.5 Å². The van der Waals surface area contributed by atoms with E-state index in [1.54, 1.807) is 7.05 Å². The number of hydrogen-bond donors (Lipinski definition) is 2. The average molecular weight is 525 g/mol. The maximum absolute atomic E-state index is 13.5. The summed E-state index contributed by atoms with van der Waals surface area (Å²) in [6.07, 6.45) is 2.70. The summed E-state index contributed by atoms with van der Waals surface area (Å²) >= 11 is 3.31. The second kappa shape index (κ2) is 8.66. The van der Waals surface area contributed by atoms with E-state index in [4.69, 9.17) is 0 Å². The number of piperidine rings is 1. The van der Waals surface area contributed by atoms with Gasteiger partial charge in [0.05, 0.1) is 0 Å². The minimum absolute atomic E-state index is 0. The van der Waals surface area contributed by atoms with Gasteiger partial charge in [0.1, 0.15) is 5.82 Å². The lowest BCUT2D eigenvalue weighted by Crippen LogP contribution is -2.51. The number of nitrogens with one attached hydrogen (secondary N) is 2. The Morgan fingerprint density at radius 3 is 2.92 bits per heavy atom. The van der Waals surface area contributed by atoms with Crippen molar-refractivity contribution in [3.05, 3.63) is 34.1 Å². The number of hydrogen-bond acceptors (Lipinski definition) is 2. The number of guanidine groups is 1. The smallest absolute Gasteiger partial charge is 0.220 e. The van der Waals surface area contributed by atoms with E-state index in [0.29, 0.717) is 13.0 Å². The number of halogens is 3. The third kappa shape index (κ3) is 5.06. The van der Waals surface area contributed by atoms with E-state index < -0.39 is 0 Å². The summed E-state index contributed by atoms with van der Waals surface area (Å²) in [6, 6.07) is 4.85. The number of likely N-dealkylation sites (tertiary alicyclic amines) is 1. The predicted octanol–water partition coefficient (Wildman–Crippen LogP) is 2.88. The molecule has 0 saturated carbocycles. The number of rotatable bonds is 2. The summed E-state index contributed by atoms with van der Waals surface area (Å²) in [6.45, 7) is 2.99. The molecule has 2 aliphatic heterocycles. The number of carbonyl (C=O) groups is 1. The fourth-order valence-electron chi connectivity index (χ4n) is 3.66. The fourth-order valence-corrected chi connectivity index (χ4v) is 4.17. The average Bonchev–Trinajstić information content (AvgIpc) is 2.87. The molecule has 0 radical (unpaired) electrons. The summed E-state index contributed by atoms with van der Waals surface area (Å²) in [7, 11) is 1.75. The third-order valence-corrected chi connectivity index (χ3v) is 5.20. The van der Waals surface area contributed by atoms with E-state index in [2.05, 4.69) is 36.5 Å². The lowest BCUT2D eigenvalue weighted by molar-refractivity contribution is -0.119. The van der Waals surface area contributed by atoms with Gasteiger partial charge in [-0.3, -0.25) is 9.79 Å². The Hall–Kier alpha value is -0.900. The maximum Gasteiger partial charge on any atom is 0.220 e. The lowest BCUT2D eigenvalue weighted by Gasteiger charge is -2.40. The zero-order valence-corrected chi connectivity index (χ0v) is 18.1. The first-order valence-electron chi connectivity index (χ1n) is 8.17. The van der Waals surface area contributed by atoms with Crippen LogP contribution in [0.2, 0.25) is 0 Å². The molecule has 2 N–H and O–H groups in total. The summed E-state index contributed by atoms with van der Waals surface area (Å²) in [4.78, 5) is 18.2. The van der Waals surface area contributed by atoms with Crippen molar-refractivity contribution in [2.75, 3.05) is 26.7 Å². The molecule has 0 aliphatic carbocycles. The van der Waals surface area contributed by atoms with E-state index in [-0.39, 0.29) is 41.1 Å². The molecule has 0 aromatic heterocycles. The predicted molar refractivity (Wildman–Crippen MR) is 111 cm³/mol. The second-order valence-electron chi connectivity index (χ2n) is 6.66. The monoisotopic (exact) mass is 524 g/mol. The van der Waals surface area contributed by atoms with Gasteiger partial charge in [-0.25, -0.2) is 4.39 Å². The molecule has 2 saturated heterocycles. The highest BCUT2D eigenvalue weighted by atomic mass is 127. The number of carbonyl (C=O) groups excluding carboxylic acids is 1. The van der Waals surface area contributed by atoms with Crippen LogP contribution in [0.5, 0.6) is 0 Å². The van der Waals surface area contributed by atoms with Crippen molar-refractivity contribution in [3.63, 3.8) is 0 Å². The van der Waals surface area contributed by atoms with Gasteiger partial charge in [-0.15, -0.1) is 24.0 Å². The van der Waals surface area contributed by atoms with Crippen LogP contribution in [0.3, 0.4) is 0 Å². The number of nitrogens with zero attached hydrogens (tertiary/aromatic N) is 2. The maximum atomic E-state index is 13.5. The zero-order valence-electron chi connectivity index (χ0n) is 14.1. The van der Waals surface area contributed by atoms with Crippen LogP contribution in [0.25, 0.3) is 0 Å². The van der Waals surface area contributed by atoms with Gasteiger partial charge >= 0.3 is 0 Å². The van der Waals surface area contributed by atoms with Crippen molar-refractivity contribution in [1.29, 1.82) is 0 Å². The Balaban J connectivity index is 0.00000225. The molecule has 1 atom stereocenters. The lowest BCUT2D eigenvalue weighted by atomic mass is 9.79. The molecule has 1 aromatic rings. The Morgan fingerprint density at radius 2 is 2.28 bits per heavy atom. The second-order valence-corrected chi connectivity index (χ2v) is 7.57. The number of amides is 1. The molecule has 138 valence electrons. The topological polar surface area (TPSA) is 56.7 Å². The van der Waals surface area contributed by atoms with Gasteiger partial charge in [-0.05, 0) is 36.6 Å². The van der Waals surface area contributed by atoms with Crippen molar-refractivity contribution in [2.24, 2.45) is 10.4 Å². The van der Waals surface area contributed by atoms with Gasteiger partial charge in [0.2, 0.25) is 5.91 Å². The van der Waals surface area contributed by atoms with Gasteiger partial charge in [-0.1, -0.05) is 15.9 Å². The number of benzene rings is 1. The molecule has 8 heteroatoms. The highest BCUT2D eigenvalue weighted by Crippen LogP contribution is 2.36. The molecule has 2 aliphatic rings. The largest absolute Gasteiger partial charge is 0.355 e. The van der Waals surface area contributed by atoms with Crippen LogP contribution in [0.4, 0.5) is 4.39 Å². The van der Waals surface area contributed by atoms with E-state index in [1.165, 1.54) is 12.1 Å². The molecular weight excluding hydrogens is 502 g/mol. The summed E-state index contributed by atoms with van der Waals surface area (Å²) in [5, 5.41) is 6.27. The van der Waals surface area contributed by atoms with Gasteiger partial charge in [0.25, 0.3) is 0 Å². The van der Waals surface area contributed by atoms with Gasteiger partial charge in [-0.2, -0.15) is 0 Å². The highest BCUT2D eigenvalue weighted by Gasteiger charge is 2.42. The van der Waals surface area contributed by atoms with E-state index >= 15 is 0 Å². The van der Waals surface area contributed by atoms with E-state index in [1.807, 2.05) is 6.07 Å². The van der Waals surface area contributed by atoms with Crippen molar-refractivity contribution in [1.82, 2.24) is 15.5 Å². The minimum atomic E-state index is -0.261. The quantitative estimate of drug-likeness (QED) is 0.355. The number of aliphatic imine (C=N–C) groups is 1. The normalized spacial score (nSPS) is 23.4. The molecule has 2 fully saturated rings. The molecule has 3 rings (SSSR count). The summed E-state index contributed by atoms with van der Waals surface area (Å²) in [5.41, 5.74) is 0.877. The third-order valence-electron chi connectivity index (χ3n) is 4.74. The van der Waals surface area contributed by atoms with Crippen LogP contribution in [0.1, 0.15) is 24.8 Å². The standard InChI is InChI=1S/C17H22BrFN4O.HI/c1-20-16(21-9-12-5-13(18)7-14(19)6-12)23-4-2-3-17(11-23)8-15(24)22-10-17;/h5-7H,2-4,8-11H2,1H3,(H,20,21)(H,22,24);1H. The van der Waals surface area contributed by atoms with Crippen molar-refractivity contribution in [2.45, 2.75) is 25.8 Å². The zero-order chi connectivity index (χ0) is 17.2. The molecule has 1 spiro atoms. The molecule has 2 heterocycles. The fraction of sp³-hybridized carbons (Fsp3) is 0.529. The molecule has 5 nitrogen and oxygen atoms in total. The SMILES string of the molecule is CN=C(NCc1cc(F)cc(Br)c1)N1CCCC2(CNC(=O)C2)C1.I. The Bertz CT molecular complexity index is 652. The molecular formula is C17H23BrFIN4O. The summed E-state index contributed by atoms with van der Waals surface area (Å²) < 4.78 is 14.2. The van der Waals surface area contributed by atoms with Gasteiger partial charge in [0.15, 0.2) is 5.96 Å². The molecule has 0 bridgehead atoms. The van der Waals surface area contributed by atoms with E-state index in [9.17, 15) is 9.18 Å². The first-order valence-corrected chi connectivity index (χ1v) is 8.96. The molecule has 1 aromatic carbocycles. The molecule has 1 amide bonds. The first kappa shape index (κ1) is 20.4. The Kier molecular flexibility index (Phi) is 7.07. The van der Waals surface area contributed by atoms with Gasteiger partial charge < -0.3 is 15.5 Å². The highest BCUT2D eigenvalue weighted by molar-refractivity contribution is 14.0. The van der Waals surface area contributed by atoms with Gasteiger partial charge in [0, 0.05) is 49.5 Å². The van der Waals surface area contributed by atoms with Crippen LogP contribution in [-0.4, -0.2) is 43.4 Å². The van der Waals surface area contributed by atoms with Crippen molar-refractivity contribution >= 4 is 51.8 Å².